The summed E-state index contributed by atoms with van der Waals surface area (Å²) >= 11 is 0. The third kappa shape index (κ3) is 3.45. The van der Waals surface area contributed by atoms with Crippen LogP contribution >= 0.6 is 0 Å². The van der Waals surface area contributed by atoms with Crippen LogP contribution in [0.5, 0.6) is 11.5 Å². The van der Waals surface area contributed by atoms with Crippen LogP contribution in [-0.4, -0.2) is 19.2 Å². The molecule has 1 aliphatic heterocycles. The van der Waals surface area contributed by atoms with E-state index in [4.69, 9.17) is 8.92 Å². The second kappa shape index (κ2) is 6.69. The van der Waals surface area contributed by atoms with Crippen molar-refractivity contribution in [2.75, 3.05) is 0 Å². The Hall–Kier alpha value is -3.45. The van der Waals surface area contributed by atoms with Crippen LogP contribution in [0.15, 0.2) is 83.7 Å². The van der Waals surface area contributed by atoms with Gasteiger partial charge in [0.25, 0.3) is 0 Å². The predicted octanol–water partition coefficient (Wildman–Crippen LogP) is 3.47. The molecule has 27 heavy (non-hydrogen) atoms. The lowest BCUT2D eigenvalue weighted by atomic mass is 10.1. The maximum atomic E-state index is 12.4. The van der Waals surface area contributed by atoms with Crippen molar-refractivity contribution in [1.29, 1.82) is 0 Å². The van der Waals surface area contributed by atoms with E-state index in [1.165, 1.54) is 30.3 Å². The normalized spacial score (nSPS) is 14.7. The summed E-state index contributed by atoms with van der Waals surface area (Å²) in [6, 6.07) is 15.6. The summed E-state index contributed by atoms with van der Waals surface area (Å²) < 4.78 is 35.4. The summed E-state index contributed by atoms with van der Waals surface area (Å²) in [5, 5.41) is 0. The van der Waals surface area contributed by atoms with Gasteiger partial charge in [0.2, 0.25) is 5.78 Å². The number of Topliss-reactive ketones (excluding diaryl/α,β-unsaturated/α-hetero) is 1. The van der Waals surface area contributed by atoms with E-state index in [9.17, 15) is 13.2 Å². The molecule has 0 atom stereocenters. The molecule has 134 valence electrons. The summed E-state index contributed by atoms with van der Waals surface area (Å²) in [5.74, 6) is 0.163. The molecule has 1 aliphatic rings. The van der Waals surface area contributed by atoms with Gasteiger partial charge in [0.15, 0.2) is 5.76 Å². The first-order valence-electron chi connectivity index (χ1n) is 8.01. The van der Waals surface area contributed by atoms with Crippen LogP contribution in [0.4, 0.5) is 0 Å². The van der Waals surface area contributed by atoms with Crippen molar-refractivity contribution in [3.05, 3.63) is 89.9 Å². The Morgan fingerprint density at radius 1 is 1.00 bits per heavy atom. The van der Waals surface area contributed by atoms with Gasteiger partial charge in [0.05, 0.1) is 5.56 Å². The Balaban J connectivity index is 1.61. The third-order valence-corrected chi connectivity index (χ3v) is 5.12. The Labute approximate surface area is 155 Å². The number of ketones is 1. The zero-order valence-electron chi connectivity index (χ0n) is 13.9. The number of aromatic nitrogens is 1. The van der Waals surface area contributed by atoms with E-state index >= 15 is 0 Å². The monoisotopic (exact) mass is 379 g/mol. The first kappa shape index (κ1) is 17.0. The summed E-state index contributed by atoms with van der Waals surface area (Å²) in [4.78, 5) is 16.5. The lowest BCUT2D eigenvalue weighted by Crippen LogP contribution is -2.09. The lowest BCUT2D eigenvalue weighted by Gasteiger charge is -2.07. The molecule has 3 aromatic rings. The number of nitrogens with zero attached hydrogens (tertiary/aromatic N) is 1. The molecule has 0 N–H and O–H groups in total. The molecular formula is C20H13NO5S. The molecule has 2 aromatic carbocycles. The number of allylic oxidation sites excluding steroid dienone is 1. The zero-order valence-corrected chi connectivity index (χ0v) is 14.7. The highest BCUT2D eigenvalue weighted by Gasteiger charge is 2.28. The van der Waals surface area contributed by atoms with Crippen molar-refractivity contribution in [2.45, 2.75) is 4.90 Å². The number of hydrogen-bond acceptors (Lipinski definition) is 6. The van der Waals surface area contributed by atoms with Crippen molar-refractivity contribution >= 4 is 22.0 Å². The summed E-state index contributed by atoms with van der Waals surface area (Å²) in [5.41, 5.74) is 1.06. The number of fused-ring (bicyclic) bond motifs is 1. The second-order valence-corrected chi connectivity index (χ2v) is 7.28. The maximum absolute atomic E-state index is 12.4. The van der Waals surface area contributed by atoms with Crippen molar-refractivity contribution < 1.29 is 22.1 Å². The molecule has 6 nitrogen and oxygen atoms in total. The molecule has 0 saturated heterocycles. The van der Waals surface area contributed by atoms with Crippen LogP contribution in [0.2, 0.25) is 0 Å². The fourth-order valence-electron chi connectivity index (χ4n) is 2.59. The topological polar surface area (TPSA) is 82.6 Å². The molecule has 4 rings (SSSR count). The van der Waals surface area contributed by atoms with E-state index in [0.717, 1.165) is 5.56 Å². The number of carbonyl (C=O) groups excluding carboxylic acids is 1. The maximum Gasteiger partial charge on any atom is 0.339 e. The van der Waals surface area contributed by atoms with Crippen LogP contribution in [-0.2, 0) is 10.1 Å². The number of rotatable bonds is 4. The minimum Gasteiger partial charge on any atom is -0.452 e. The Morgan fingerprint density at radius 2 is 1.81 bits per heavy atom. The average Bonchev–Trinajstić information content (AvgIpc) is 2.98. The number of ether oxygens (including phenoxy) is 1. The van der Waals surface area contributed by atoms with Crippen LogP contribution in [0, 0.1) is 0 Å². The third-order valence-electron chi connectivity index (χ3n) is 3.86. The number of hydrogen-bond donors (Lipinski definition) is 0. The van der Waals surface area contributed by atoms with Gasteiger partial charge in [-0.3, -0.25) is 9.78 Å². The highest BCUT2D eigenvalue weighted by atomic mass is 32.2. The van der Waals surface area contributed by atoms with E-state index in [1.807, 2.05) is 0 Å². The Kier molecular flexibility index (Phi) is 4.21. The van der Waals surface area contributed by atoms with Gasteiger partial charge < -0.3 is 8.92 Å². The van der Waals surface area contributed by atoms with Crippen molar-refractivity contribution in [2.24, 2.45) is 0 Å². The standard InChI is InChI=1S/C20H13NO5S/c22-20-17-9-8-15(26-27(23,24)16-6-2-1-3-7-16)12-18(17)25-19(20)11-14-5-4-10-21-13-14/h1-13H. The molecule has 0 amide bonds. The van der Waals surface area contributed by atoms with Crippen LogP contribution in [0.25, 0.3) is 6.08 Å². The van der Waals surface area contributed by atoms with Gasteiger partial charge in [0, 0.05) is 18.5 Å². The molecule has 0 aliphatic carbocycles. The Bertz CT molecular complexity index is 1140. The van der Waals surface area contributed by atoms with Gasteiger partial charge in [-0.2, -0.15) is 8.42 Å². The molecular weight excluding hydrogens is 366 g/mol. The fourth-order valence-corrected chi connectivity index (χ4v) is 3.54. The van der Waals surface area contributed by atoms with Crippen LogP contribution in [0.1, 0.15) is 15.9 Å². The summed E-state index contributed by atoms with van der Waals surface area (Å²) in [6.45, 7) is 0. The smallest absolute Gasteiger partial charge is 0.339 e. The van der Waals surface area contributed by atoms with E-state index in [2.05, 4.69) is 4.98 Å². The van der Waals surface area contributed by atoms with Gasteiger partial charge in [0.1, 0.15) is 16.4 Å². The minimum absolute atomic E-state index is 0.0413. The summed E-state index contributed by atoms with van der Waals surface area (Å²) in [7, 11) is -3.97. The predicted molar refractivity (Wildman–Crippen MR) is 97.9 cm³/mol. The average molecular weight is 379 g/mol. The molecule has 2 heterocycles. The van der Waals surface area contributed by atoms with E-state index in [1.54, 1.807) is 48.8 Å². The molecule has 0 bridgehead atoms. The molecule has 0 fully saturated rings. The van der Waals surface area contributed by atoms with Gasteiger partial charge in [-0.25, -0.2) is 0 Å². The number of pyridine rings is 1. The highest BCUT2D eigenvalue weighted by Crippen LogP contribution is 2.35. The summed E-state index contributed by atoms with van der Waals surface area (Å²) in [6.07, 6.45) is 4.81. The van der Waals surface area contributed by atoms with Crippen molar-refractivity contribution in [3.8, 4) is 11.5 Å². The van der Waals surface area contributed by atoms with Crippen LogP contribution in [0.3, 0.4) is 0 Å². The van der Waals surface area contributed by atoms with Gasteiger partial charge >= 0.3 is 10.1 Å². The largest absolute Gasteiger partial charge is 0.452 e. The zero-order chi connectivity index (χ0) is 18.9. The molecule has 0 spiro atoms. The molecule has 7 heteroatoms. The van der Waals surface area contributed by atoms with Gasteiger partial charge in [-0.05, 0) is 42.0 Å². The van der Waals surface area contributed by atoms with Gasteiger partial charge in [-0.15, -0.1) is 0 Å². The fraction of sp³-hybridized carbons (Fsp3) is 0. The number of carbonyl (C=O) groups is 1. The second-order valence-electron chi connectivity index (χ2n) is 5.73. The molecule has 0 unspecified atom stereocenters. The first-order valence-corrected chi connectivity index (χ1v) is 9.42. The molecule has 0 radical (unpaired) electrons. The minimum atomic E-state index is -3.97. The van der Waals surface area contributed by atoms with Crippen LogP contribution < -0.4 is 8.92 Å². The van der Waals surface area contributed by atoms with E-state index < -0.39 is 10.1 Å². The van der Waals surface area contributed by atoms with Crippen molar-refractivity contribution in [3.63, 3.8) is 0 Å². The van der Waals surface area contributed by atoms with E-state index in [-0.39, 0.29) is 27.9 Å². The first-order chi connectivity index (χ1) is 13.0. The van der Waals surface area contributed by atoms with E-state index in [0.29, 0.717) is 5.56 Å². The molecule has 0 saturated carbocycles. The number of benzene rings is 2. The lowest BCUT2D eigenvalue weighted by molar-refractivity contribution is 0.101. The highest BCUT2D eigenvalue weighted by molar-refractivity contribution is 7.87. The molecule has 1 aromatic heterocycles. The SMILES string of the molecule is O=C1C(=Cc2cccnc2)Oc2cc(OS(=O)(=O)c3ccccc3)ccc21. The quantitative estimate of drug-likeness (QED) is 0.510. The van der Waals surface area contributed by atoms with Gasteiger partial charge in [-0.1, -0.05) is 24.3 Å². The van der Waals surface area contributed by atoms with Crippen molar-refractivity contribution in [1.82, 2.24) is 4.98 Å². The Morgan fingerprint density at radius 3 is 2.56 bits per heavy atom.